The number of hydrogen-bond donors (Lipinski definition) is 3. The Morgan fingerprint density at radius 3 is 2.50 bits per heavy atom. The maximum absolute atomic E-state index is 12.7. The number of nitrogens with one attached hydrogen (secondary N) is 2. The second kappa shape index (κ2) is 13.9. The van der Waals surface area contributed by atoms with E-state index in [1.54, 1.807) is 32.5 Å². The number of nitrogens with zero attached hydrogens (tertiary/aromatic N) is 5. The van der Waals surface area contributed by atoms with Crippen molar-refractivity contribution in [2.75, 3.05) is 65.4 Å². The molecule has 42 heavy (non-hydrogen) atoms. The van der Waals surface area contributed by atoms with Gasteiger partial charge in [-0.3, -0.25) is 10.2 Å². The molecule has 0 aliphatic carbocycles. The van der Waals surface area contributed by atoms with Gasteiger partial charge in [0.15, 0.2) is 0 Å². The topological polar surface area (TPSA) is 143 Å². The molecular formula is C28H41N7O6Si. The fourth-order valence-corrected chi connectivity index (χ4v) is 5.48. The van der Waals surface area contributed by atoms with E-state index in [1.165, 1.54) is 4.90 Å². The number of anilines is 1. The van der Waals surface area contributed by atoms with Crippen LogP contribution in [0.25, 0.3) is 22.2 Å². The number of rotatable bonds is 12. The SMILES string of the molecule is COc1ccnc(OC)c1-c1cn(COCC[Si](C)(C)C)c2nc(NC(=O)NCCN3CCN(C(=O)O)CC3)ccc12. The molecule has 0 unspecified atom stereocenters. The summed E-state index contributed by atoms with van der Waals surface area (Å²) in [5, 5.41) is 15.6. The molecule has 3 N–H and O–H groups in total. The minimum atomic E-state index is -1.25. The summed E-state index contributed by atoms with van der Waals surface area (Å²) in [5.41, 5.74) is 2.17. The zero-order valence-corrected chi connectivity index (χ0v) is 26.0. The number of fused-ring (bicyclic) bond motifs is 1. The summed E-state index contributed by atoms with van der Waals surface area (Å²) < 4.78 is 19.2. The summed E-state index contributed by atoms with van der Waals surface area (Å²) >= 11 is 0. The van der Waals surface area contributed by atoms with Gasteiger partial charge in [-0.2, -0.15) is 0 Å². The number of carbonyl (C=O) groups is 2. The van der Waals surface area contributed by atoms with Crippen molar-refractivity contribution in [1.82, 2.24) is 29.7 Å². The monoisotopic (exact) mass is 599 g/mol. The van der Waals surface area contributed by atoms with Crippen molar-refractivity contribution in [3.05, 3.63) is 30.6 Å². The minimum Gasteiger partial charge on any atom is -0.496 e. The Hall–Kier alpha value is -3.88. The molecule has 4 heterocycles. The lowest BCUT2D eigenvalue weighted by Crippen LogP contribution is -2.50. The first-order valence-electron chi connectivity index (χ1n) is 14.0. The standard InChI is InChI=1S/C28H41N7O6Si/c1-39-22-8-9-29-26(40-2)24(22)21-18-35(19-41-16-17-42(3,4)5)25-20(21)6-7-23(31-25)32-27(36)30-10-11-33-12-14-34(15-13-33)28(37)38/h6-9,18H,10-17,19H2,1-5H3,(H,37,38)(H2,30,31,32,36). The van der Waals surface area contributed by atoms with Crippen molar-refractivity contribution in [2.45, 2.75) is 32.4 Å². The summed E-state index contributed by atoms with van der Waals surface area (Å²) in [4.78, 5) is 36.4. The third kappa shape index (κ3) is 7.89. The highest BCUT2D eigenvalue weighted by Crippen LogP contribution is 2.41. The Labute approximate surface area is 246 Å². The van der Waals surface area contributed by atoms with Crippen LogP contribution in [0.2, 0.25) is 25.7 Å². The Bertz CT molecular complexity index is 1360. The smallest absolute Gasteiger partial charge is 0.407 e. The number of ether oxygens (including phenoxy) is 3. The number of aromatic nitrogens is 3. The van der Waals surface area contributed by atoms with Gasteiger partial charge in [0.2, 0.25) is 5.88 Å². The molecule has 1 fully saturated rings. The highest BCUT2D eigenvalue weighted by molar-refractivity contribution is 6.76. The third-order valence-corrected chi connectivity index (χ3v) is 8.81. The number of hydrogen-bond acceptors (Lipinski definition) is 8. The van der Waals surface area contributed by atoms with Crippen LogP contribution < -0.4 is 20.1 Å². The zero-order chi connectivity index (χ0) is 30.3. The average Bonchev–Trinajstić information content (AvgIpc) is 3.31. The molecule has 13 nitrogen and oxygen atoms in total. The second-order valence-corrected chi connectivity index (χ2v) is 16.9. The second-order valence-electron chi connectivity index (χ2n) is 11.3. The van der Waals surface area contributed by atoms with Crippen LogP contribution in [0.4, 0.5) is 15.4 Å². The van der Waals surface area contributed by atoms with E-state index < -0.39 is 14.2 Å². The fraction of sp³-hybridized carbons (Fsp3) is 0.500. The summed E-state index contributed by atoms with van der Waals surface area (Å²) in [6.07, 6.45) is 2.68. The summed E-state index contributed by atoms with van der Waals surface area (Å²) in [6.45, 7) is 11.1. The molecule has 0 spiro atoms. The number of methoxy groups -OCH3 is 2. The van der Waals surface area contributed by atoms with E-state index in [9.17, 15) is 9.59 Å². The molecular weight excluding hydrogens is 558 g/mol. The molecule has 0 bridgehead atoms. The maximum atomic E-state index is 12.7. The molecule has 3 aromatic heterocycles. The Balaban J connectivity index is 1.49. The van der Waals surface area contributed by atoms with Crippen LogP contribution in [0.1, 0.15) is 0 Å². The third-order valence-electron chi connectivity index (χ3n) is 7.11. The number of carbonyl (C=O) groups excluding carboxylic acids is 1. The van der Waals surface area contributed by atoms with Crippen molar-refractivity contribution >= 4 is 37.0 Å². The van der Waals surface area contributed by atoms with Gasteiger partial charge in [0.05, 0.1) is 19.8 Å². The van der Waals surface area contributed by atoms with Crippen molar-refractivity contribution < 1.29 is 28.9 Å². The molecule has 1 saturated heterocycles. The minimum absolute atomic E-state index is 0.295. The van der Waals surface area contributed by atoms with Gasteiger partial charge in [0.1, 0.15) is 23.9 Å². The van der Waals surface area contributed by atoms with E-state index >= 15 is 0 Å². The summed E-state index contributed by atoms with van der Waals surface area (Å²) in [6, 6.07) is 6.11. The zero-order valence-electron chi connectivity index (χ0n) is 25.0. The van der Waals surface area contributed by atoms with E-state index in [0.29, 0.717) is 81.3 Å². The van der Waals surface area contributed by atoms with Crippen molar-refractivity contribution in [3.8, 4) is 22.8 Å². The quantitative estimate of drug-likeness (QED) is 0.209. The Kier molecular flexibility index (Phi) is 10.2. The van der Waals surface area contributed by atoms with Crippen LogP contribution in [0.5, 0.6) is 11.6 Å². The predicted octanol–water partition coefficient (Wildman–Crippen LogP) is 3.84. The van der Waals surface area contributed by atoms with Crippen LogP contribution in [-0.2, 0) is 11.5 Å². The predicted molar refractivity (Wildman–Crippen MR) is 163 cm³/mol. The molecule has 4 rings (SSSR count). The lowest BCUT2D eigenvalue weighted by Gasteiger charge is -2.32. The van der Waals surface area contributed by atoms with Gasteiger partial charge in [-0.05, 0) is 24.2 Å². The Morgan fingerprint density at radius 1 is 1.07 bits per heavy atom. The first-order valence-corrected chi connectivity index (χ1v) is 17.7. The van der Waals surface area contributed by atoms with Gasteiger partial charge in [-0.1, -0.05) is 19.6 Å². The van der Waals surface area contributed by atoms with Crippen molar-refractivity contribution in [2.24, 2.45) is 0 Å². The van der Waals surface area contributed by atoms with Crippen molar-refractivity contribution in [1.29, 1.82) is 0 Å². The highest BCUT2D eigenvalue weighted by Gasteiger charge is 2.22. The highest BCUT2D eigenvalue weighted by atomic mass is 28.3. The maximum Gasteiger partial charge on any atom is 0.407 e. The molecule has 3 amide bonds. The van der Waals surface area contributed by atoms with Crippen LogP contribution >= 0.6 is 0 Å². The molecule has 0 saturated carbocycles. The van der Waals surface area contributed by atoms with E-state index in [0.717, 1.165) is 17.0 Å². The summed E-state index contributed by atoms with van der Waals surface area (Å²) in [7, 11) is 1.92. The number of carboxylic acid groups (broad SMARTS) is 1. The molecule has 0 radical (unpaired) electrons. The fourth-order valence-electron chi connectivity index (χ4n) is 4.72. The van der Waals surface area contributed by atoms with E-state index in [4.69, 9.17) is 24.3 Å². The molecule has 14 heteroatoms. The van der Waals surface area contributed by atoms with Gasteiger partial charge in [-0.15, -0.1) is 0 Å². The van der Waals surface area contributed by atoms with Crippen LogP contribution in [0.15, 0.2) is 30.6 Å². The summed E-state index contributed by atoms with van der Waals surface area (Å²) in [5.74, 6) is 1.44. The lowest BCUT2D eigenvalue weighted by molar-refractivity contribution is 0.0899. The molecule has 1 aliphatic heterocycles. The van der Waals surface area contributed by atoms with Gasteiger partial charge >= 0.3 is 12.1 Å². The lowest BCUT2D eigenvalue weighted by atomic mass is 10.1. The van der Waals surface area contributed by atoms with Crippen molar-refractivity contribution in [3.63, 3.8) is 0 Å². The Morgan fingerprint density at radius 2 is 1.83 bits per heavy atom. The molecule has 0 atom stereocenters. The van der Waals surface area contributed by atoms with E-state index in [-0.39, 0.29) is 6.03 Å². The van der Waals surface area contributed by atoms with Crippen LogP contribution in [-0.4, -0.2) is 110 Å². The van der Waals surface area contributed by atoms with Gasteiger partial charge in [0, 0.05) is 77.3 Å². The average molecular weight is 600 g/mol. The number of urea groups is 1. The first kappa shape index (κ1) is 31.1. The first-order chi connectivity index (χ1) is 20.1. The molecule has 0 aromatic carbocycles. The van der Waals surface area contributed by atoms with Gasteiger partial charge in [0.25, 0.3) is 0 Å². The molecule has 228 valence electrons. The molecule has 3 aromatic rings. The van der Waals surface area contributed by atoms with E-state index in [2.05, 4.69) is 40.2 Å². The van der Waals surface area contributed by atoms with Gasteiger partial charge < -0.3 is 34.1 Å². The normalized spacial score (nSPS) is 14.2. The van der Waals surface area contributed by atoms with Gasteiger partial charge in [-0.25, -0.2) is 19.6 Å². The van der Waals surface area contributed by atoms with Crippen LogP contribution in [0.3, 0.4) is 0 Å². The number of amides is 3. The van der Waals surface area contributed by atoms with E-state index in [1.807, 2.05) is 16.8 Å². The van der Waals surface area contributed by atoms with Crippen LogP contribution in [0, 0.1) is 0 Å². The number of pyridine rings is 2. The number of piperazine rings is 1. The molecule has 1 aliphatic rings. The largest absolute Gasteiger partial charge is 0.496 e.